The predicted octanol–water partition coefficient (Wildman–Crippen LogP) is 5.96. The largest absolute Gasteiger partial charge is 0.342 e. The van der Waals surface area contributed by atoms with Crippen LogP contribution in [0, 0.1) is 5.41 Å². The van der Waals surface area contributed by atoms with Crippen molar-refractivity contribution < 1.29 is 9.59 Å². The molecule has 5 heteroatoms. The van der Waals surface area contributed by atoms with Crippen LogP contribution in [0.15, 0.2) is 65.7 Å². The maximum atomic E-state index is 12.8. The SMILES string of the molecule is CC(C)(C)C(=O)N1CCC(c2ccc(C(=O)CSc3ccnc4ccccc34)cc2)CC1. The van der Waals surface area contributed by atoms with E-state index in [-0.39, 0.29) is 17.1 Å². The van der Waals surface area contributed by atoms with Gasteiger partial charge in [0.2, 0.25) is 5.91 Å². The molecular weight excluding hydrogens is 416 g/mol. The predicted molar refractivity (Wildman–Crippen MR) is 131 cm³/mol. The molecule has 0 saturated carbocycles. The lowest BCUT2D eigenvalue weighted by atomic mass is 9.87. The van der Waals surface area contributed by atoms with Gasteiger partial charge in [-0.3, -0.25) is 14.6 Å². The van der Waals surface area contributed by atoms with Gasteiger partial charge in [-0.15, -0.1) is 11.8 Å². The fourth-order valence-electron chi connectivity index (χ4n) is 4.25. The van der Waals surface area contributed by atoms with Gasteiger partial charge in [0, 0.05) is 40.5 Å². The molecule has 0 N–H and O–H groups in total. The smallest absolute Gasteiger partial charge is 0.227 e. The number of carbonyl (C=O) groups excluding carboxylic acids is 2. The number of ketones is 1. The maximum Gasteiger partial charge on any atom is 0.227 e. The van der Waals surface area contributed by atoms with Gasteiger partial charge >= 0.3 is 0 Å². The van der Waals surface area contributed by atoms with Crippen molar-refractivity contribution in [2.75, 3.05) is 18.8 Å². The third-order valence-electron chi connectivity index (χ3n) is 6.10. The van der Waals surface area contributed by atoms with E-state index in [0.717, 1.165) is 47.3 Å². The number of fused-ring (bicyclic) bond motifs is 1. The molecule has 4 rings (SSSR count). The molecule has 166 valence electrons. The lowest BCUT2D eigenvalue weighted by molar-refractivity contribution is -0.140. The summed E-state index contributed by atoms with van der Waals surface area (Å²) in [7, 11) is 0. The number of hydrogen-bond acceptors (Lipinski definition) is 4. The Kier molecular flexibility index (Phi) is 6.66. The molecule has 0 radical (unpaired) electrons. The Labute approximate surface area is 194 Å². The van der Waals surface area contributed by atoms with Crippen molar-refractivity contribution >= 4 is 34.4 Å². The number of hydrogen-bond donors (Lipinski definition) is 0. The van der Waals surface area contributed by atoms with Crippen LogP contribution in [0.25, 0.3) is 10.9 Å². The Morgan fingerprint density at radius 2 is 1.69 bits per heavy atom. The summed E-state index contributed by atoms with van der Waals surface area (Å²) < 4.78 is 0. The van der Waals surface area contributed by atoms with Crippen molar-refractivity contribution in [1.82, 2.24) is 9.88 Å². The Morgan fingerprint density at radius 3 is 2.38 bits per heavy atom. The third-order valence-corrected chi connectivity index (χ3v) is 7.17. The van der Waals surface area contributed by atoms with Crippen LogP contribution in [0.5, 0.6) is 0 Å². The van der Waals surface area contributed by atoms with Crippen molar-refractivity contribution in [2.45, 2.75) is 44.4 Å². The Hall–Kier alpha value is -2.66. The summed E-state index contributed by atoms with van der Waals surface area (Å²) in [5.74, 6) is 1.21. The van der Waals surface area contributed by atoms with Crippen LogP contribution in [0.1, 0.15) is 55.5 Å². The van der Waals surface area contributed by atoms with Crippen LogP contribution in [0.2, 0.25) is 0 Å². The number of nitrogens with zero attached hydrogens (tertiary/aromatic N) is 2. The number of thioether (sulfide) groups is 1. The van der Waals surface area contributed by atoms with E-state index in [9.17, 15) is 9.59 Å². The van der Waals surface area contributed by atoms with E-state index in [1.165, 1.54) is 5.56 Å². The van der Waals surface area contributed by atoms with Crippen molar-refractivity contribution in [3.8, 4) is 0 Å². The van der Waals surface area contributed by atoms with Crippen molar-refractivity contribution in [1.29, 1.82) is 0 Å². The third kappa shape index (κ3) is 5.04. The molecular formula is C27H30N2O2S. The van der Waals surface area contributed by atoms with E-state index in [4.69, 9.17) is 0 Å². The summed E-state index contributed by atoms with van der Waals surface area (Å²) in [6.45, 7) is 7.54. The van der Waals surface area contributed by atoms with Gasteiger partial charge in [0.15, 0.2) is 5.78 Å². The molecule has 2 heterocycles. The first kappa shape index (κ1) is 22.5. The van der Waals surface area contributed by atoms with Crippen LogP contribution in [0.3, 0.4) is 0 Å². The van der Waals surface area contributed by atoms with Crippen molar-refractivity contribution in [2.24, 2.45) is 5.41 Å². The molecule has 3 aromatic rings. The number of likely N-dealkylation sites (tertiary alicyclic amines) is 1. The van der Waals surface area contributed by atoms with E-state index in [2.05, 4.69) is 17.1 Å². The van der Waals surface area contributed by atoms with Gasteiger partial charge in [-0.05, 0) is 36.5 Å². The van der Waals surface area contributed by atoms with Gasteiger partial charge in [0.05, 0.1) is 11.3 Å². The molecule has 1 amide bonds. The molecule has 1 aliphatic rings. The quantitative estimate of drug-likeness (QED) is 0.358. The minimum Gasteiger partial charge on any atom is -0.342 e. The van der Waals surface area contributed by atoms with Crippen molar-refractivity contribution in [3.05, 3.63) is 71.9 Å². The van der Waals surface area contributed by atoms with E-state index >= 15 is 0 Å². The number of pyridine rings is 1. The number of piperidine rings is 1. The summed E-state index contributed by atoms with van der Waals surface area (Å²) in [6, 6.07) is 18.1. The first-order valence-electron chi connectivity index (χ1n) is 11.2. The molecule has 0 bridgehead atoms. The molecule has 0 atom stereocenters. The van der Waals surface area contributed by atoms with Gasteiger partial charge in [-0.2, -0.15) is 0 Å². The highest BCUT2D eigenvalue weighted by Crippen LogP contribution is 2.31. The highest BCUT2D eigenvalue weighted by atomic mass is 32.2. The van der Waals surface area contributed by atoms with Crippen LogP contribution in [0.4, 0.5) is 0 Å². The normalized spacial score (nSPS) is 15.2. The van der Waals surface area contributed by atoms with Gasteiger partial charge in [0.25, 0.3) is 0 Å². The molecule has 1 saturated heterocycles. The molecule has 1 aromatic heterocycles. The van der Waals surface area contributed by atoms with Crippen LogP contribution < -0.4 is 0 Å². The molecule has 0 unspecified atom stereocenters. The van der Waals surface area contributed by atoms with Crippen LogP contribution in [-0.4, -0.2) is 40.4 Å². The lowest BCUT2D eigenvalue weighted by Gasteiger charge is -2.36. The fraction of sp³-hybridized carbons (Fsp3) is 0.370. The monoisotopic (exact) mass is 446 g/mol. The number of rotatable bonds is 5. The molecule has 1 aliphatic heterocycles. The Morgan fingerprint density at radius 1 is 1.00 bits per heavy atom. The first-order valence-corrected chi connectivity index (χ1v) is 12.2. The molecule has 2 aromatic carbocycles. The minimum absolute atomic E-state index is 0.132. The van der Waals surface area contributed by atoms with Gasteiger partial charge in [-0.25, -0.2) is 0 Å². The molecule has 0 spiro atoms. The fourth-order valence-corrected chi connectivity index (χ4v) is 5.19. The van der Waals surface area contributed by atoms with E-state index in [1.807, 2.05) is 68.1 Å². The lowest BCUT2D eigenvalue weighted by Crippen LogP contribution is -2.43. The van der Waals surface area contributed by atoms with Gasteiger partial charge in [0.1, 0.15) is 0 Å². The standard InChI is InChI=1S/C27H30N2O2S/c1-27(2,3)26(31)29-16-13-20(14-17-29)19-8-10-21(11-9-19)24(30)18-32-25-12-15-28-23-7-5-4-6-22(23)25/h4-12,15,20H,13-14,16-18H2,1-3H3. The highest BCUT2D eigenvalue weighted by molar-refractivity contribution is 8.00. The zero-order valence-corrected chi connectivity index (χ0v) is 19.8. The van der Waals surface area contributed by atoms with E-state index in [0.29, 0.717) is 11.7 Å². The number of para-hydroxylation sites is 1. The van der Waals surface area contributed by atoms with E-state index < -0.39 is 0 Å². The first-order chi connectivity index (χ1) is 15.3. The molecule has 4 nitrogen and oxygen atoms in total. The zero-order chi connectivity index (χ0) is 22.7. The van der Waals surface area contributed by atoms with E-state index in [1.54, 1.807) is 18.0 Å². The van der Waals surface area contributed by atoms with Gasteiger partial charge < -0.3 is 4.90 Å². The molecule has 32 heavy (non-hydrogen) atoms. The van der Waals surface area contributed by atoms with Gasteiger partial charge in [-0.1, -0.05) is 63.2 Å². The Bertz CT molecular complexity index is 1110. The number of aromatic nitrogens is 1. The Balaban J connectivity index is 1.34. The van der Waals surface area contributed by atoms with Crippen LogP contribution in [-0.2, 0) is 4.79 Å². The molecule has 1 fully saturated rings. The topological polar surface area (TPSA) is 50.3 Å². The number of Topliss-reactive ketones (excluding diaryl/α,β-unsaturated/α-hetero) is 1. The number of carbonyl (C=O) groups is 2. The summed E-state index contributed by atoms with van der Waals surface area (Å²) >= 11 is 1.56. The van der Waals surface area contributed by atoms with Crippen molar-refractivity contribution in [3.63, 3.8) is 0 Å². The second-order valence-electron chi connectivity index (χ2n) is 9.48. The second-order valence-corrected chi connectivity index (χ2v) is 10.5. The molecule has 0 aliphatic carbocycles. The highest BCUT2D eigenvalue weighted by Gasteiger charge is 2.30. The summed E-state index contributed by atoms with van der Waals surface area (Å²) in [4.78, 5) is 32.7. The average molecular weight is 447 g/mol. The maximum absolute atomic E-state index is 12.8. The number of benzene rings is 2. The second kappa shape index (κ2) is 9.45. The average Bonchev–Trinajstić information content (AvgIpc) is 2.81. The summed E-state index contributed by atoms with van der Waals surface area (Å²) in [6.07, 6.45) is 3.74. The summed E-state index contributed by atoms with van der Waals surface area (Å²) in [5.41, 5.74) is 2.64. The zero-order valence-electron chi connectivity index (χ0n) is 19.0. The summed E-state index contributed by atoms with van der Waals surface area (Å²) in [5, 5.41) is 1.08. The minimum atomic E-state index is -0.324. The van der Waals surface area contributed by atoms with Crippen LogP contribution >= 0.6 is 11.8 Å². The number of amides is 1.